The largest absolute Gasteiger partial charge is 0.480 e. The number of H-pyrrole nitrogens is 1. The van der Waals surface area contributed by atoms with Crippen LogP contribution in [0.15, 0.2) is 6.20 Å². The second kappa shape index (κ2) is 1.33. The summed E-state index contributed by atoms with van der Waals surface area (Å²) in [5.41, 5.74) is 0. The van der Waals surface area contributed by atoms with Crippen LogP contribution in [0, 0.1) is 0 Å². The second-order valence-electron chi connectivity index (χ2n) is 1.42. The van der Waals surface area contributed by atoms with E-state index in [0.717, 1.165) is 5.88 Å². The van der Waals surface area contributed by atoms with E-state index < -0.39 is 0 Å². The van der Waals surface area contributed by atoms with Crippen LogP contribution in [0.2, 0.25) is 0 Å². The van der Waals surface area contributed by atoms with Gasteiger partial charge in [0.15, 0.2) is 0 Å². The molecule has 0 aliphatic heterocycles. The maximum absolute atomic E-state index is 4.76. The first-order chi connectivity index (χ1) is 3.33. The molecule has 0 unspecified atom stereocenters. The molecule has 0 bridgehead atoms. The molecule has 40 valence electrons. The van der Waals surface area contributed by atoms with Crippen molar-refractivity contribution in [3.8, 4) is 5.88 Å². The Kier molecular flexibility index (Phi) is 0.817. The number of aryl methyl sites for hydroxylation is 1. The van der Waals surface area contributed by atoms with Gasteiger partial charge >= 0.3 is 0 Å². The molecule has 0 amide bonds. The van der Waals surface area contributed by atoms with Crippen LogP contribution in [0.25, 0.3) is 0 Å². The number of aromatic amines is 1. The quantitative estimate of drug-likeness (QED) is 0.542. The predicted molar refractivity (Wildman–Crippen MR) is 26.3 cm³/mol. The van der Waals surface area contributed by atoms with Gasteiger partial charge in [-0.1, -0.05) is 0 Å². The van der Waals surface area contributed by atoms with Crippen molar-refractivity contribution in [3.05, 3.63) is 6.20 Å². The van der Waals surface area contributed by atoms with Crippen LogP contribution in [0.3, 0.4) is 0 Å². The number of hydrogen-bond donors (Lipinski definition) is 1. The number of methoxy groups -OCH3 is 1. The summed E-state index contributed by atoms with van der Waals surface area (Å²) in [7, 11) is 3.54. The number of nitrogens with zero attached hydrogens (tertiary/aromatic N) is 1. The van der Waals surface area contributed by atoms with E-state index in [0.29, 0.717) is 0 Å². The fraction of sp³-hybridized carbons (Fsp3) is 0.500. The minimum Gasteiger partial charge on any atom is -0.480 e. The number of ether oxygens (including phenoxy) is 1. The third kappa shape index (κ3) is 0.607. The van der Waals surface area contributed by atoms with Crippen molar-refractivity contribution < 1.29 is 4.74 Å². The van der Waals surface area contributed by atoms with Gasteiger partial charge in [-0.05, 0) is 0 Å². The standard InChI is InChI=1S/C4H8N2O/c1-6-3-4(5-6)7-2/h3,5H,1-2H3. The Morgan fingerprint density at radius 2 is 2.43 bits per heavy atom. The Hall–Kier alpha value is -0.860. The second-order valence-corrected chi connectivity index (χ2v) is 1.42. The van der Waals surface area contributed by atoms with Crippen LogP contribution in [0.4, 0.5) is 0 Å². The van der Waals surface area contributed by atoms with Crippen molar-refractivity contribution in [1.82, 2.24) is 9.78 Å². The van der Waals surface area contributed by atoms with Crippen LogP contribution >= 0.6 is 0 Å². The van der Waals surface area contributed by atoms with Crippen LogP contribution in [-0.4, -0.2) is 16.9 Å². The van der Waals surface area contributed by atoms with Gasteiger partial charge < -0.3 is 4.74 Å². The van der Waals surface area contributed by atoms with Gasteiger partial charge in [0.1, 0.15) is 0 Å². The van der Waals surface area contributed by atoms with Gasteiger partial charge in [-0.2, -0.15) is 0 Å². The van der Waals surface area contributed by atoms with Gasteiger partial charge in [0.2, 0.25) is 5.88 Å². The normalized spacial score (nSPS) is 9.43. The van der Waals surface area contributed by atoms with Crippen LogP contribution in [-0.2, 0) is 7.05 Å². The summed E-state index contributed by atoms with van der Waals surface area (Å²) >= 11 is 0. The molecule has 0 spiro atoms. The Labute approximate surface area is 41.9 Å². The molecule has 0 aromatic carbocycles. The monoisotopic (exact) mass is 100 g/mol. The molecule has 0 aliphatic carbocycles. The molecular weight excluding hydrogens is 92.1 g/mol. The van der Waals surface area contributed by atoms with Crippen LogP contribution in [0.1, 0.15) is 0 Å². The molecule has 0 atom stereocenters. The molecule has 1 N–H and O–H groups in total. The average molecular weight is 100 g/mol. The zero-order valence-corrected chi connectivity index (χ0v) is 4.43. The van der Waals surface area contributed by atoms with Crippen LogP contribution in [0.5, 0.6) is 5.88 Å². The number of rotatable bonds is 1. The molecule has 0 saturated heterocycles. The van der Waals surface area contributed by atoms with Crippen molar-refractivity contribution in [1.29, 1.82) is 0 Å². The smallest absolute Gasteiger partial charge is 0.224 e. The first-order valence-electron chi connectivity index (χ1n) is 2.08. The summed E-state index contributed by atoms with van der Waals surface area (Å²) in [5.74, 6) is 0.822. The molecule has 0 radical (unpaired) electrons. The third-order valence-corrected chi connectivity index (χ3v) is 0.817. The molecule has 1 aromatic heterocycles. The highest BCUT2D eigenvalue weighted by molar-refractivity contribution is 5.02. The summed E-state index contributed by atoms with van der Waals surface area (Å²) in [4.78, 5) is 0. The molecule has 0 aliphatic rings. The first kappa shape index (κ1) is 4.30. The lowest BCUT2D eigenvalue weighted by molar-refractivity contribution is 0.360. The van der Waals surface area contributed by atoms with Gasteiger partial charge in [-0.3, -0.25) is 9.78 Å². The van der Waals surface area contributed by atoms with Crippen molar-refractivity contribution in [3.63, 3.8) is 0 Å². The number of hydrogen-bond acceptors (Lipinski definition) is 1. The summed E-state index contributed by atoms with van der Waals surface area (Å²) in [6.07, 6.45) is 1.86. The third-order valence-electron chi connectivity index (χ3n) is 0.817. The Morgan fingerprint density at radius 1 is 1.86 bits per heavy atom. The lowest BCUT2D eigenvalue weighted by Gasteiger charge is -2.07. The Balaban J connectivity index is 2.56. The van der Waals surface area contributed by atoms with Gasteiger partial charge in [-0.25, -0.2) is 0 Å². The highest BCUT2D eigenvalue weighted by Gasteiger charge is 1.91. The van der Waals surface area contributed by atoms with Crippen molar-refractivity contribution >= 4 is 0 Å². The molecular formula is C4H8N2O. The first-order valence-corrected chi connectivity index (χ1v) is 2.08. The average Bonchev–Trinajstić information content (AvgIpc) is 1.58. The summed E-state index contributed by atoms with van der Waals surface area (Å²) in [5, 5.41) is 2.86. The molecule has 1 aromatic rings. The van der Waals surface area contributed by atoms with Crippen molar-refractivity contribution in [2.45, 2.75) is 0 Å². The van der Waals surface area contributed by atoms with Crippen LogP contribution < -0.4 is 4.74 Å². The van der Waals surface area contributed by atoms with Gasteiger partial charge in [-0.15, -0.1) is 0 Å². The lowest BCUT2D eigenvalue weighted by atomic mass is 10.7. The molecule has 0 saturated carbocycles. The van der Waals surface area contributed by atoms with Gasteiger partial charge in [0, 0.05) is 7.05 Å². The zero-order valence-electron chi connectivity index (χ0n) is 4.43. The molecule has 1 heterocycles. The number of nitrogens with one attached hydrogen (secondary N) is 1. The summed E-state index contributed by atoms with van der Waals surface area (Å²) < 4.78 is 6.58. The maximum Gasteiger partial charge on any atom is 0.224 e. The minimum atomic E-state index is 0.822. The van der Waals surface area contributed by atoms with E-state index in [1.807, 2.05) is 17.9 Å². The van der Waals surface area contributed by atoms with E-state index >= 15 is 0 Å². The Morgan fingerprint density at radius 3 is 2.57 bits per heavy atom. The Bertz CT molecular complexity index is 130. The van der Waals surface area contributed by atoms with E-state index in [1.165, 1.54) is 0 Å². The van der Waals surface area contributed by atoms with Crippen molar-refractivity contribution in [2.75, 3.05) is 7.11 Å². The fourth-order valence-electron chi connectivity index (χ4n) is 0.443. The van der Waals surface area contributed by atoms with E-state index in [1.54, 1.807) is 7.11 Å². The lowest BCUT2D eigenvalue weighted by Crippen LogP contribution is -2.04. The molecule has 3 heteroatoms. The molecule has 1 rings (SSSR count). The SMILES string of the molecule is COc1cn(C)[nH]1. The van der Waals surface area contributed by atoms with Gasteiger partial charge in [0.05, 0.1) is 13.3 Å². The number of aromatic nitrogens is 2. The maximum atomic E-state index is 4.76. The molecule has 0 fully saturated rings. The minimum absolute atomic E-state index is 0.822. The highest BCUT2D eigenvalue weighted by atomic mass is 16.5. The zero-order chi connectivity index (χ0) is 5.28. The van der Waals surface area contributed by atoms with Gasteiger partial charge in [0.25, 0.3) is 0 Å². The predicted octanol–water partition coefficient (Wildman–Crippen LogP) is 0.362. The topological polar surface area (TPSA) is 29.9 Å². The van der Waals surface area contributed by atoms with E-state index in [4.69, 9.17) is 4.74 Å². The molecule has 3 nitrogen and oxygen atoms in total. The van der Waals surface area contributed by atoms with Crippen molar-refractivity contribution in [2.24, 2.45) is 7.05 Å². The van der Waals surface area contributed by atoms with E-state index in [-0.39, 0.29) is 0 Å². The fourth-order valence-corrected chi connectivity index (χ4v) is 0.443. The highest BCUT2D eigenvalue weighted by Crippen LogP contribution is 2.02. The molecule has 7 heavy (non-hydrogen) atoms. The summed E-state index contributed by atoms with van der Waals surface area (Å²) in [6.45, 7) is 0. The summed E-state index contributed by atoms with van der Waals surface area (Å²) in [6, 6.07) is 0. The van der Waals surface area contributed by atoms with E-state index in [9.17, 15) is 0 Å². The van der Waals surface area contributed by atoms with E-state index in [2.05, 4.69) is 5.10 Å².